The second-order valence-corrected chi connectivity index (χ2v) is 11.1. The van der Waals surface area contributed by atoms with E-state index in [9.17, 15) is 13.2 Å². The van der Waals surface area contributed by atoms with Gasteiger partial charge in [-0.2, -0.15) is 0 Å². The Morgan fingerprint density at radius 3 is 2.05 bits per heavy atom. The van der Waals surface area contributed by atoms with Crippen LogP contribution in [0.3, 0.4) is 0 Å². The molecule has 11 heteroatoms. The van der Waals surface area contributed by atoms with E-state index in [0.717, 1.165) is 9.87 Å². The predicted molar refractivity (Wildman–Crippen MR) is 158 cm³/mol. The molecular formula is C30H29ClN2O7S. The summed E-state index contributed by atoms with van der Waals surface area (Å²) in [5, 5.41) is 3.09. The molecule has 0 spiro atoms. The van der Waals surface area contributed by atoms with E-state index < -0.39 is 22.5 Å². The fraction of sp³-hybridized carbons (Fsp3) is 0.167. The van der Waals surface area contributed by atoms with Gasteiger partial charge in [0.25, 0.3) is 10.0 Å². The number of rotatable bonds is 11. The van der Waals surface area contributed by atoms with Crippen LogP contribution < -0.4 is 28.6 Å². The van der Waals surface area contributed by atoms with Crippen molar-refractivity contribution in [2.45, 2.75) is 11.8 Å². The minimum atomic E-state index is -4.22. The number of amides is 1. The summed E-state index contributed by atoms with van der Waals surface area (Å²) in [5.74, 6) is 1.18. The van der Waals surface area contributed by atoms with Crippen LogP contribution in [0, 0.1) is 6.92 Å². The Kier molecular flexibility index (Phi) is 9.26. The minimum absolute atomic E-state index is 0.0773. The molecule has 0 aliphatic rings. The molecule has 9 nitrogen and oxygen atoms in total. The average Bonchev–Trinajstić information content (AvgIpc) is 2.97. The molecule has 0 aliphatic heterocycles. The van der Waals surface area contributed by atoms with Crippen LogP contribution in [0.1, 0.15) is 5.56 Å². The first-order chi connectivity index (χ1) is 19.7. The second-order valence-electron chi connectivity index (χ2n) is 8.81. The van der Waals surface area contributed by atoms with Gasteiger partial charge in [0.1, 0.15) is 6.54 Å². The molecule has 4 rings (SSSR count). The van der Waals surface area contributed by atoms with E-state index in [1.807, 2.05) is 6.92 Å². The van der Waals surface area contributed by atoms with E-state index >= 15 is 0 Å². The van der Waals surface area contributed by atoms with Crippen LogP contribution in [-0.4, -0.2) is 42.2 Å². The van der Waals surface area contributed by atoms with Gasteiger partial charge in [0.05, 0.1) is 37.6 Å². The summed E-state index contributed by atoms with van der Waals surface area (Å²) < 4.78 is 50.7. The fourth-order valence-corrected chi connectivity index (χ4v) is 5.57. The SMILES string of the molecule is COc1ccc(S(=O)(=O)N(CC(=O)Nc2cc(Cl)ccc2Oc2ccccc2OC)c2ccc(C)cc2)cc1OC. The average molecular weight is 597 g/mol. The molecule has 0 saturated heterocycles. The van der Waals surface area contributed by atoms with Gasteiger partial charge in [0.15, 0.2) is 28.7 Å². The zero-order valence-electron chi connectivity index (χ0n) is 22.9. The van der Waals surface area contributed by atoms with Crippen LogP contribution >= 0.6 is 11.6 Å². The lowest BCUT2D eigenvalue weighted by Crippen LogP contribution is -2.38. The smallest absolute Gasteiger partial charge is 0.264 e. The maximum absolute atomic E-state index is 13.9. The van der Waals surface area contributed by atoms with Crippen LogP contribution in [0.25, 0.3) is 0 Å². The Morgan fingerprint density at radius 2 is 1.39 bits per heavy atom. The molecule has 0 radical (unpaired) electrons. The Hall–Kier alpha value is -4.41. The van der Waals surface area contributed by atoms with Crippen LogP contribution in [0.4, 0.5) is 11.4 Å². The number of para-hydroxylation sites is 2. The third kappa shape index (κ3) is 6.85. The van der Waals surface area contributed by atoms with E-state index in [1.165, 1.54) is 45.6 Å². The van der Waals surface area contributed by atoms with E-state index in [-0.39, 0.29) is 22.1 Å². The van der Waals surface area contributed by atoms with Gasteiger partial charge in [-0.15, -0.1) is 0 Å². The van der Waals surface area contributed by atoms with Crippen LogP contribution in [0.5, 0.6) is 28.7 Å². The minimum Gasteiger partial charge on any atom is -0.493 e. The Labute approximate surface area is 244 Å². The Balaban J connectivity index is 1.67. The molecule has 1 amide bonds. The number of aryl methyl sites for hydroxylation is 1. The monoisotopic (exact) mass is 596 g/mol. The van der Waals surface area contributed by atoms with Crippen molar-refractivity contribution in [2.75, 3.05) is 37.5 Å². The molecule has 0 atom stereocenters. The van der Waals surface area contributed by atoms with Crippen molar-refractivity contribution in [2.24, 2.45) is 0 Å². The van der Waals surface area contributed by atoms with Gasteiger partial charge in [0.2, 0.25) is 5.91 Å². The number of ether oxygens (including phenoxy) is 4. The standard InChI is InChI=1S/C30H29ClN2O7S/c1-20-9-12-22(13-10-20)33(41(35,36)23-14-16-27(38-3)29(18-23)39-4)19-30(34)32-24-17-21(31)11-15-25(24)40-28-8-6-5-7-26(28)37-2/h5-18H,19H2,1-4H3,(H,32,34). The number of hydrogen-bond donors (Lipinski definition) is 1. The first-order valence-electron chi connectivity index (χ1n) is 12.4. The van der Waals surface area contributed by atoms with Gasteiger partial charge in [0, 0.05) is 11.1 Å². The number of benzene rings is 4. The first-order valence-corrected chi connectivity index (χ1v) is 14.2. The first kappa shape index (κ1) is 29.6. The van der Waals surface area contributed by atoms with Crippen LogP contribution in [-0.2, 0) is 14.8 Å². The van der Waals surface area contributed by atoms with Gasteiger partial charge in [-0.25, -0.2) is 8.42 Å². The number of hydrogen-bond acceptors (Lipinski definition) is 7. The van der Waals surface area contributed by atoms with Crippen LogP contribution in [0.15, 0.2) is 89.8 Å². The molecule has 0 aromatic heterocycles. The van der Waals surface area contributed by atoms with Crippen molar-refractivity contribution in [3.05, 3.63) is 95.5 Å². The molecule has 0 fully saturated rings. The van der Waals surface area contributed by atoms with Gasteiger partial charge >= 0.3 is 0 Å². The normalized spacial score (nSPS) is 11.0. The summed E-state index contributed by atoms with van der Waals surface area (Å²) in [6, 6.07) is 22.8. The quantitative estimate of drug-likeness (QED) is 0.217. The molecule has 0 bridgehead atoms. The van der Waals surface area contributed by atoms with E-state index in [2.05, 4.69) is 5.32 Å². The van der Waals surface area contributed by atoms with Gasteiger partial charge < -0.3 is 24.3 Å². The van der Waals surface area contributed by atoms with Gasteiger partial charge in [-0.1, -0.05) is 41.4 Å². The molecule has 41 heavy (non-hydrogen) atoms. The number of sulfonamides is 1. The highest BCUT2D eigenvalue weighted by Gasteiger charge is 2.29. The van der Waals surface area contributed by atoms with E-state index in [0.29, 0.717) is 28.0 Å². The van der Waals surface area contributed by atoms with E-state index in [4.69, 9.17) is 30.5 Å². The zero-order chi connectivity index (χ0) is 29.6. The third-order valence-corrected chi connectivity index (χ3v) is 8.06. The maximum atomic E-state index is 13.9. The van der Waals surface area contributed by atoms with Gasteiger partial charge in [-0.05, 0) is 61.5 Å². The van der Waals surface area contributed by atoms with Crippen molar-refractivity contribution in [3.63, 3.8) is 0 Å². The highest BCUT2D eigenvalue weighted by molar-refractivity contribution is 7.92. The fourth-order valence-electron chi connectivity index (χ4n) is 3.96. The molecule has 0 heterocycles. The maximum Gasteiger partial charge on any atom is 0.264 e. The van der Waals surface area contributed by atoms with Crippen molar-refractivity contribution in [1.29, 1.82) is 0 Å². The largest absolute Gasteiger partial charge is 0.493 e. The molecular weight excluding hydrogens is 568 g/mol. The molecule has 1 N–H and O–H groups in total. The lowest BCUT2D eigenvalue weighted by Gasteiger charge is -2.25. The molecule has 214 valence electrons. The van der Waals surface area contributed by atoms with E-state index in [1.54, 1.807) is 60.7 Å². The van der Waals surface area contributed by atoms with Crippen molar-refractivity contribution in [3.8, 4) is 28.7 Å². The summed E-state index contributed by atoms with van der Waals surface area (Å²) in [7, 11) is 0.161. The van der Waals surface area contributed by atoms with Gasteiger partial charge in [-0.3, -0.25) is 9.10 Å². The Morgan fingerprint density at radius 1 is 0.780 bits per heavy atom. The summed E-state index contributed by atoms with van der Waals surface area (Å²) in [6.45, 7) is 1.34. The Bertz CT molecular complexity index is 1640. The lowest BCUT2D eigenvalue weighted by molar-refractivity contribution is -0.114. The molecule has 0 aliphatic carbocycles. The summed E-state index contributed by atoms with van der Waals surface area (Å²) in [4.78, 5) is 13.3. The highest BCUT2D eigenvalue weighted by Crippen LogP contribution is 2.37. The summed E-state index contributed by atoms with van der Waals surface area (Å²) in [6.07, 6.45) is 0. The topological polar surface area (TPSA) is 103 Å². The summed E-state index contributed by atoms with van der Waals surface area (Å²) in [5.41, 5.74) is 1.48. The summed E-state index contributed by atoms with van der Waals surface area (Å²) >= 11 is 6.22. The molecule has 0 unspecified atom stereocenters. The number of carbonyl (C=O) groups excluding carboxylic acids is 1. The van der Waals surface area contributed by atoms with Crippen LogP contribution in [0.2, 0.25) is 5.02 Å². The predicted octanol–water partition coefficient (Wildman–Crippen LogP) is 6.30. The number of nitrogens with one attached hydrogen (secondary N) is 1. The molecule has 4 aromatic carbocycles. The number of carbonyl (C=O) groups is 1. The van der Waals surface area contributed by atoms with Crippen molar-refractivity contribution < 1.29 is 32.2 Å². The van der Waals surface area contributed by atoms with Crippen molar-refractivity contribution >= 4 is 38.9 Å². The molecule has 4 aromatic rings. The zero-order valence-corrected chi connectivity index (χ0v) is 24.5. The molecule has 0 saturated carbocycles. The third-order valence-electron chi connectivity index (χ3n) is 6.06. The second kappa shape index (κ2) is 12.8. The number of halogens is 1. The highest BCUT2D eigenvalue weighted by atomic mass is 35.5. The number of nitrogens with zero attached hydrogens (tertiary/aromatic N) is 1. The number of anilines is 2. The number of methoxy groups -OCH3 is 3. The lowest BCUT2D eigenvalue weighted by atomic mass is 10.2. The van der Waals surface area contributed by atoms with Crippen molar-refractivity contribution in [1.82, 2.24) is 0 Å².